The van der Waals surface area contributed by atoms with E-state index in [0.29, 0.717) is 5.56 Å². The van der Waals surface area contributed by atoms with Crippen molar-refractivity contribution in [3.05, 3.63) is 33.9 Å². The maximum Gasteiger partial charge on any atom is 0.272 e. The maximum absolute atomic E-state index is 10.6. The fraction of sp³-hybridized carbons (Fsp3) is 0.455. The van der Waals surface area contributed by atoms with E-state index in [1.165, 1.54) is 12.8 Å². The summed E-state index contributed by atoms with van der Waals surface area (Å²) in [4.78, 5) is 10.3. The van der Waals surface area contributed by atoms with Crippen LogP contribution in [0.25, 0.3) is 0 Å². The Morgan fingerprint density at radius 1 is 1.47 bits per heavy atom. The smallest absolute Gasteiger partial charge is 0.272 e. The summed E-state index contributed by atoms with van der Waals surface area (Å²) in [6.45, 7) is 3.92. The molecule has 80 valence electrons. The molecule has 0 heterocycles. The lowest BCUT2D eigenvalue weighted by atomic mass is 10.1. The van der Waals surface area contributed by atoms with Crippen LogP contribution in [0.15, 0.2) is 18.2 Å². The number of hydrogen-bond donors (Lipinski definition) is 1. The van der Waals surface area contributed by atoms with Crippen LogP contribution in [0.5, 0.6) is 0 Å². The zero-order valence-electron chi connectivity index (χ0n) is 8.91. The highest BCUT2D eigenvalue weighted by Gasteiger charge is 2.37. The molecule has 15 heavy (non-hydrogen) atoms. The van der Waals surface area contributed by atoms with E-state index in [0.717, 1.165) is 5.69 Å². The van der Waals surface area contributed by atoms with Gasteiger partial charge in [-0.25, -0.2) is 0 Å². The molecule has 1 aliphatic carbocycles. The minimum atomic E-state index is -0.349. The molecule has 0 radical (unpaired) electrons. The third-order valence-electron chi connectivity index (χ3n) is 2.84. The summed E-state index contributed by atoms with van der Waals surface area (Å²) in [6, 6.07) is 5.17. The highest BCUT2D eigenvalue weighted by Crippen LogP contribution is 2.38. The van der Waals surface area contributed by atoms with Gasteiger partial charge in [0, 0.05) is 22.9 Å². The molecule has 0 unspecified atom stereocenters. The second-order valence-corrected chi connectivity index (χ2v) is 4.44. The highest BCUT2D eigenvalue weighted by molar-refractivity contribution is 5.55. The maximum atomic E-state index is 10.6. The predicted molar refractivity (Wildman–Crippen MR) is 59.1 cm³/mol. The molecule has 1 aromatic carbocycles. The van der Waals surface area contributed by atoms with Crippen LogP contribution in [0.2, 0.25) is 0 Å². The largest absolute Gasteiger partial charge is 0.380 e. The van der Waals surface area contributed by atoms with Crippen molar-refractivity contribution in [3.8, 4) is 0 Å². The molecule has 0 saturated heterocycles. The number of hydrogen-bond acceptors (Lipinski definition) is 3. The molecule has 0 aromatic heterocycles. The van der Waals surface area contributed by atoms with Gasteiger partial charge in [0.25, 0.3) is 5.69 Å². The fourth-order valence-corrected chi connectivity index (χ4v) is 1.60. The van der Waals surface area contributed by atoms with Gasteiger partial charge >= 0.3 is 0 Å². The summed E-state index contributed by atoms with van der Waals surface area (Å²) in [5.74, 6) is 0. The summed E-state index contributed by atoms with van der Waals surface area (Å²) in [5.41, 5.74) is 2.07. The summed E-state index contributed by atoms with van der Waals surface area (Å²) in [7, 11) is 0. The van der Waals surface area contributed by atoms with Gasteiger partial charge in [0.2, 0.25) is 0 Å². The Balaban J connectivity index is 2.21. The lowest BCUT2D eigenvalue weighted by Gasteiger charge is -2.13. The monoisotopic (exact) mass is 206 g/mol. The molecular weight excluding hydrogens is 192 g/mol. The van der Waals surface area contributed by atoms with Crippen LogP contribution in [0.1, 0.15) is 25.3 Å². The lowest BCUT2D eigenvalue weighted by Crippen LogP contribution is -2.15. The molecule has 1 N–H and O–H groups in total. The molecule has 0 aliphatic heterocycles. The van der Waals surface area contributed by atoms with Gasteiger partial charge in [0.05, 0.1) is 4.92 Å². The molecule has 0 bridgehead atoms. The zero-order chi connectivity index (χ0) is 11.1. The number of anilines is 1. The molecule has 0 amide bonds. The SMILES string of the molecule is Cc1cc(NC2(C)CC2)ccc1[N+](=O)[O-]. The molecule has 1 saturated carbocycles. The van der Waals surface area contributed by atoms with Crippen LogP contribution in [0, 0.1) is 17.0 Å². The third kappa shape index (κ3) is 2.09. The van der Waals surface area contributed by atoms with E-state index in [1.807, 2.05) is 6.07 Å². The minimum absolute atomic E-state index is 0.182. The van der Waals surface area contributed by atoms with E-state index in [9.17, 15) is 10.1 Å². The molecule has 0 spiro atoms. The number of aryl methyl sites for hydroxylation is 1. The Bertz CT molecular complexity index is 411. The van der Waals surface area contributed by atoms with E-state index >= 15 is 0 Å². The van der Waals surface area contributed by atoms with Crippen molar-refractivity contribution < 1.29 is 4.92 Å². The first-order valence-corrected chi connectivity index (χ1v) is 5.03. The van der Waals surface area contributed by atoms with Crippen molar-refractivity contribution in [2.45, 2.75) is 32.2 Å². The van der Waals surface area contributed by atoms with Gasteiger partial charge in [-0.15, -0.1) is 0 Å². The van der Waals surface area contributed by atoms with Crippen LogP contribution in [-0.4, -0.2) is 10.5 Å². The molecular formula is C11H14N2O2. The first-order chi connectivity index (χ1) is 7.00. The zero-order valence-corrected chi connectivity index (χ0v) is 8.91. The predicted octanol–water partition coefficient (Wildman–Crippen LogP) is 2.87. The van der Waals surface area contributed by atoms with Crippen LogP contribution >= 0.6 is 0 Å². The summed E-state index contributed by atoms with van der Waals surface area (Å²) >= 11 is 0. The first kappa shape index (κ1) is 9.96. The normalized spacial score (nSPS) is 17.2. The topological polar surface area (TPSA) is 55.2 Å². The van der Waals surface area contributed by atoms with E-state index in [-0.39, 0.29) is 16.1 Å². The standard InChI is InChI=1S/C11H14N2O2/c1-8-7-9(12-11(2)5-6-11)3-4-10(8)13(14)15/h3-4,7,12H,5-6H2,1-2H3. The van der Waals surface area contributed by atoms with Crippen molar-refractivity contribution in [3.63, 3.8) is 0 Å². The Morgan fingerprint density at radius 3 is 2.60 bits per heavy atom. The van der Waals surface area contributed by atoms with Crippen LogP contribution < -0.4 is 5.32 Å². The van der Waals surface area contributed by atoms with Crippen molar-refractivity contribution in [1.29, 1.82) is 0 Å². The number of nitrogens with one attached hydrogen (secondary N) is 1. The van der Waals surface area contributed by atoms with E-state index < -0.39 is 0 Å². The number of benzene rings is 1. The Kier molecular flexibility index (Phi) is 2.14. The van der Waals surface area contributed by atoms with Gasteiger partial charge in [-0.1, -0.05) is 0 Å². The quantitative estimate of drug-likeness (QED) is 0.611. The number of rotatable bonds is 3. The second-order valence-electron chi connectivity index (χ2n) is 4.44. The summed E-state index contributed by atoms with van der Waals surface area (Å²) < 4.78 is 0. The van der Waals surface area contributed by atoms with E-state index in [1.54, 1.807) is 19.1 Å². The Hall–Kier alpha value is -1.58. The molecule has 0 atom stereocenters. The second kappa shape index (κ2) is 3.22. The first-order valence-electron chi connectivity index (χ1n) is 5.03. The number of nitro groups is 1. The van der Waals surface area contributed by atoms with Gasteiger partial charge in [-0.2, -0.15) is 0 Å². The lowest BCUT2D eigenvalue weighted by molar-refractivity contribution is -0.385. The number of nitro benzene ring substituents is 1. The molecule has 1 fully saturated rings. The Labute approximate surface area is 88.5 Å². The van der Waals surface area contributed by atoms with Gasteiger partial charge in [0.15, 0.2) is 0 Å². The van der Waals surface area contributed by atoms with Crippen molar-refractivity contribution in [2.75, 3.05) is 5.32 Å². The van der Waals surface area contributed by atoms with Crippen molar-refractivity contribution >= 4 is 11.4 Å². The third-order valence-corrected chi connectivity index (χ3v) is 2.84. The van der Waals surface area contributed by atoms with E-state index in [2.05, 4.69) is 12.2 Å². The molecule has 4 heteroatoms. The summed E-state index contributed by atoms with van der Waals surface area (Å²) in [5, 5.41) is 14.0. The molecule has 4 nitrogen and oxygen atoms in total. The van der Waals surface area contributed by atoms with Crippen molar-refractivity contribution in [2.24, 2.45) is 0 Å². The Morgan fingerprint density at radius 2 is 2.13 bits per heavy atom. The minimum Gasteiger partial charge on any atom is -0.380 e. The van der Waals surface area contributed by atoms with Gasteiger partial charge < -0.3 is 5.32 Å². The van der Waals surface area contributed by atoms with Gasteiger partial charge in [-0.3, -0.25) is 10.1 Å². The van der Waals surface area contributed by atoms with Crippen LogP contribution in [0.4, 0.5) is 11.4 Å². The molecule has 1 aliphatic rings. The van der Waals surface area contributed by atoms with Crippen LogP contribution in [-0.2, 0) is 0 Å². The fourth-order valence-electron chi connectivity index (χ4n) is 1.60. The number of nitrogens with zero attached hydrogens (tertiary/aromatic N) is 1. The average molecular weight is 206 g/mol. The molecule has 2 rings (SSSR count). The van der Waals surface area contributed by atoms with Crippen LogP contribution in [0.3, 0.4) is 0 Å². The van der Waals surface area contributed by atoms with Crippen molar-refractivity contribution in [1.82, 2.24) is 0 Å². The highest BCUT2D eigenvalue weighted by atomic mass is 16.6. The summed E-state index contributed by atoms with van der Waals surface area (Å²) in [6.07, 6.45) is 2.34. The van der Waals surface area contributed by atoms with E-state index in [4.69, 9.17) is 0 Å². The average Bonchev–Trinajstić information content (AvgIpc) is 2.82. The van der Waals surface area contributed by atoms with Gasteiger partial charge in [0.1, 0.15) is 0 Å². The van der Waals surface area contributed by atoms with Gasteiger partial charge in [-0.05, 0) is 38.8 Å². The molecule has 1 aromatic rings.